The summed E-state index contributed by atoms with van der Waals surface area (Å²) in [6, 6.07) is 4.34. The molecule has 1 heterocycles. The van der Waals surface area contributed by atoms with E-state index in [9.17, 15) is 0 Å². The van der Waals surface area contributed by atoms with Gasteiger partial charge in [-0.1, -0.05) is 13.8 Å². The lowest BCUT2D eigenvalue weighted by Gasteiger charge is -2.27. The Morgan fingerprint density at radius 1 is 1.32 bits per heavy atom. The van der Waals surface area contributed by atoms with Crippen molar-refractivity contribution in [1.29, 1.82) is 0 Å². The highest BCUT2D eigenvalue weighted by Crippen LogP contribution is 2.27. The first-order valence-corrected chi connectivity index (χ1v) is 7.35. The molecular weight excluding hydrogens is 238 g/mol. The minimum absolute atomic E-state index is 0.534. The van der Waals surface area contributed by atoms with Crippen molar-refractivity contribution in [2.24, 2.45) is 5.92 Å². The fourth-order valence-electron chi connectivity index (χ4n) is 2.46. The third-order valence-electron chi connectivity index (χ3n) is 3.70. The predicted octanol–water partition coefficient (Wildman–Crippen LogP) is 3.44. The average Bonchev–Trinajstić information content (AvgIpc) is 2.42. The van der Waals surface area contributed by atoms with E-state index in [1.54, 1.807) is 0 Å². The van der Waals surface area contributed by atoms with Gasteiger partial charge in [0.05, 0.1) is 12.3 Å². The first kappa shape index (κ1) is 14.0. The minimum Gasteiger partial charge on any atom is -0.476 e. The molecule has 1 aromatic rings. The monoisotopic (exact) mass is 263 g/mol. The van der Waals surface area contributed by atoms with E-state index in [0.29, 0.717) is 24.2 Å². The number of ether oxygens (including phenoxy) is 1. The van der Waals surface area contributed by atoms with Gasteiger partial charge in [0.2, 0.25) is 5.88 Å². The Bertz CT molecular complexity index is 400. The number of nitrogen functional groups attached to an aromatic ring is 1. The molecule has 1 aliphatic carbocycles. The van der Waals surface area contributed by atoms with Gasteiger partial charge in [0, 0.05) is 6.04 Å². The highest BCUT2D eigenvalue weighted by Gasteiger charge is 2.18. The van der Waals surface area contributed by atoms with Crippen LogP contribution in [0.4, 0.5) is 11.5 Å². The van der Waals surface area contributed by atoms with Crippen LogP contribution in [0.5, 0.6) is 5.88 Å². The summed E-state index contributed by atoms with van der Waals surface area (Å²) in [5, 5.41) is 3.50. The molecule has 2 rings (SSSR count). The molecule has 19 heavy (non-hydrogen) atoms. The summed E-state index contributed by atoms with van der Waals surface area (Å²) >= 11 is 0. The third-order valence-corrected chi connectivity index (χ3v) is 3.70. The Kier molecular flexibility index (Phi) is 4.88. The molecule has 1 fully saturated rings. The van der Waals surface area contributed by atoms with Crippen molar-refractivity contribution in [3.8, 4) is 5.88 Å². The standard InChI is InChI=1S/C15H25N3O/c1-3-10-19-15-13(16)8-9-14(18-15)17-12-6-4-11(2)5-7-12/h8-9,11-12H,3-7,10,16H2,1-2H3,(H,17,18). The smallest absolute Gasteiger partial charge is 0.239 e. The molecular formula is C15H25N3O. The van der Waals surface area contributed by atoms with Crippen molar-refractivity contribution in [2.75, 3.05) is 17.7 Å². The van der Waals surface area contributed by atoms with E-state index in [1.165, 1.54) is 25.7 Å². The Morgan fingerprint density at radius 2 is 2.05 bits per heavy atom. The molecule has 4 nitrogen and oxygen atoms in total. The molecule has 0 unspecified atom stereocenters. The van der Waals surface area contributed by atoms with Crippen molar-refractivity contribution in [3.63, 3.8) is 0 Å². The molecule has 1 aliphatic rings. The molecule has 4 heteroatoms. The van der Waals surface area contributed by atoms with E-state index in [2.05, 4.69) is 24.1 Å². The average molecular weight is 263 g/mol. The SMILES string of the molecule is CCCOc1nc(NC2CCC(C)CC2)ccc1N. The van der Waals surface area contributed by atoms with E-state index in [1.807, 2.05) is 12.1 Å². The van der Waals surface area contributed by atoms with Gasteiger partial charge >= 0.3 is 0 Å². The lowest BCUT2D eigenvalue weighted by atomic mass is 9.87. The maximum atomic E-state index is 5.87. The van der Waals surface area contributed by atoms with E-state index in [0.717, 1.165) is 18.2 Å². The van der Waals surface area contributed by atoms with Gasteiger partial charge < -0.3 is 15.8 Å². The van der Waals surface area contributed by atoms with Gasteiger partial charge in [-0.25, -0.2) is 0 Å². The lowest BCUT2D eigenvalue weighted by molar-refractivity contribution is 0.307. The molecule has 0 atom stereocenters. The number of rotatable bonds is 5. The van der Waals surface area contributed by atoms with E-state index >= 15 is 0 Å². The van der Waals surface area contributed by atoms with Gasteiger partial charge in [-0.2, -0.15) is 4.98 Å². The van der Waals surface area contributed by atoms with Gasteiger partial charge in [0.1, 0.15) is 5.82 Å². The zero-order chi connectivity index (χ0) is 13.7. The lowest BCUT2D eigenvalue weighted by Crippen LogP contribution is -2.25. The number of anilines is 2. The normalized spacial score (nSPS) is 23.1. The molecule has 0 bridgehead atoms. The fourth-order valence-corrected chi connectivity index (χ4v) is 2.46. The van der Waals surface area contributed by atoms with Gasteiger partial charge in [0.25, 0.3) is 0 Å². The van der Waals surface area contributed by atoms with Gasteiger partial charge in [-0.05, 0) is 50.2 Å². The van der Waals surface area contributed by atoms with Crippen LogP contribution >= 0.6 is 0 Å². The van der Waals surface area contributed by atoms with Gasteiger partial charge in [-0.3, -0.25) is 0 Å². The molecule has 0 radical (unpaired) electrons. The van der Waals surface area contributed by atoms with Crippen LogP contribution in [0.1, 0.15) is 46.0 Å². The minimum atomic E-state index is 0.534. The molecule has 0 saturated heterocycles. The van der Waals surface area contributed by atoms with Crippen LogP contribution in [0.3, 0.4) is 0 Å². The number of nitrogens with zero attached hydrogens (tertiary/aromatic N) is 1. The highest BCUT2D eigenvalue weighted by molar-refractivity contribution is 5.53. The van der Waals surface area contributed by atoms with Crippen molar-refractivity contribution >= 4 is 11.5 Å². The molecule has 0 spiro atoms. The molecule has 0 aliphatic heterocycles. The van der Waals surface area contributed by atoms with Crippen LogP contribution in [-0.2, 0) is 0 Å². The molecule has 1 aromatic heterocycles. The number of aromatic nitrogens is 1. The summed E-state index contributed by atoms with van der Waals surface area (Å²) in [5.41, 5.74) is 6.47. The number of nitrogens with two attached hydrogens (primary N) is 1. The predicted molar refractivity (Wildman–Crippen MR) is 79.5 cm³/mol. The number of hydrogen-bond acceptors (Lipinski definition) is 4. The number of hydrogen-bond donors (Lipinski definition) is 2. The highest BCUT2D eigenvalue weighted by atomic mass is 16.5. The molecule has 1 saturated carbocycles. The molecule has 0 aromatic carbocycles. The summed E-state index contributed by atoms with van der Waals surface area (Å²) < 4.78 is 5.56. The zero-order valence-electron chi connectivity index (χ0n) is 12.0. The van der Waals surface area contributed by atoms with Gasteiger partial charge in [-0.15, -0.1) is 0 Å². The fraction of sp³-hybridized carbons (Fsp3) is 0.667. The van der Waals surface area contributed by atoms with Crippen molar-refractivity contribution in [1.82, 2.24) is 4.98 Å². The van der Waals surface area contributed by atoms with Crippen molar-refractivity contribution < 1.29 is 4.74 Å². The molecule has 3 N–H and O–H groups in total. The summed E-state index contributed by atoms with van der Waals surface area (Å²) in [4.78, 5) is 4.46. The van der Waals surface area contributed by atoms with Crippen molar-refractivity contribution in [3.05, 3.63) is 12.1 Å². The zero-order valence-corrected chi connectivity index (χ0v) is 12.0. The summed E-state index contributed by atoms with van der Waals surface area (Å²) in [6.45, 7) is 5.05. The summed E-state index contributed by atoms with van der Waals surface area (Å²) in [5.74, 6) is 2.29. The van der Waals surface area contributed by atoms with Crippen LogP contribution in [0.25, 0.3) is 0 Å². The van der Waals surface area contributed by atoms with Crippen LogP contribution < -0.4 is 15.8 Å². The van der Waals surface area contributed by atoms with Crippen LogP contribution in [0.15, 0.2) is 12.1 Å². The molecule has 0 amide bonds. The van der Waals surface area contributed by atoms with Crippen molar-refractivity contribution in [2.45, 2.75) is 52.0 Å². The molecule has 106 valence electrons. The first-order chi connectivity index (χ1) is 9.19. The summed E-state index contributed by atoms with van der Waals surface area (Å²) in [7, 11) is 0. The maximum Gasteiger partial charge on any atom is 0.239 e. The van der Waals surface area contributed by atoms with Crippen LogP contribution in [0, 0.1) is 5.92 Å². The van der Waals surface area contributed by atoms with E-state index in [-0.39, 0.29) is 0 Å². The quantitative estimate of drug-likeness (QED) is 0.854. The van der Waals surface area contributed by atoms with Crippen LogP contribution in [-0.4, -0.2) is 17.6 Å². The topological polar surface area (TPSA) is 60.2 Å². The first-order valence-electron chi connectivity index (χ1n) is 7.35. The Balaban J connectivity index is 1.96. The maximum absolute atomic E-state index is 5.87. The second-order valence-corrected chi connectivity index (χ2v) is 5.54. The largest absolute Gasteiger partial charge is 0.476 e. The van der Waals surface area contributed by atoms with Crippen LogP contribution in [0.2, 0.25) is 0 Å². The Labute approximate surface area is 115 Å². The summed E-state index contributed by atoms with van der Waals surface area (Å²) in [6.07, 6.45) is 5.99. The number of pyridine rings is 1. The third kappa shape index (κ3) is 4.01. The Morgan fingerprint density at radius 3 is 2.74 bits per heavy atom. The second-order valence-electron chi connectivity index (χ2n) is 5.54. The second kappa shape index (κ2) is 6.64. The van der Waals surface area contributed by atoms with E-state index < -0.39 is 0 Å². The number of nitrogens with one attached hydrogen (secondary N) is 1. The Hall–Kier alpha value is -1.45. The van der Waals surface area contributed by atoms with E-state index in [4.69, 9.17) is 10.5 Å². The van der Waals surface area contributed by atoms with Gasteiger partial charge in [0.15, 0.2) is 0 Å².